The molecule has 2 saturated carbocycles. The van der Waals surface area contributed by atoms with Gasteiger partial charge in [0.05, 0.1) is 0 Å². The van der Waals surface area contributed by atoms with Crippen molar-refractivity contribution >= 4 is 0 Å². The van der Waals surface area contributed by atoms with Crippen LogP contribution in [-0.2, 0) is 6.54 Å². The highest BCUT2D eigenvalue weighted by Gasteiger charge is 2.40. The molecule has 0 unspecified atom stereocenters. The van der Waals surface area contributed by atoms with Gasteiger partial charge in [0.1, 0.15) is 0 Å². The van der Waals surface area contributed by atoms with E-state index in [0.717, 1.165) is 24.3 Å². The van der Waals surface area contributed by atoms with Crippen LogP contribution in [-0.4, -0.2) is 6.54 Å². The van der Waals surface area contributed by atoms with E-state index < -0.39 is 0 Å². The first-order valence-electron chi connectivity index (χ1n) is 7.92. The van der Waals surface area contributed by atoms with Gasteiger partial charge in [-0.1, -0.05) is 17.7 Å². The molecule has 1 N–H and O–H groups in total. The van der Waals surface area contributed by atoms with Crippen LogP contribution in [0.1, 0.15) is 47.9 Å². The summed E-state index contributed by atoms with van der Waals surface area (Å²) in [5.74, 6) is 3.09. The van der Waals surface area contributed by atoms with Crippen LogP contribution in [0.15, 0.2) is 12.1 Å². The smallest absolute Gasteiger partial charge is 0.0210 e. The first-order valence-corrected chi connectivity index (χ1v) is 7.92. The molecule has 1 nitrogen and oxygen atoms in total. The Bertz CT molecular complexity index is 420. The van der Waals surface area contributed by atoms with Crippen LogP contribution in [0.3, 0.4) is 0 Å². The maximum Gasteiger partial charge on any atom is 0.0210 e. The van der Waals surface area contributed by atoms with Gasteiger partial charge in [-0.3, -0.25) is 0 Å². The molecule has 0 bridgehead atoms. The van der Waals surface area contributed by atoms with E-state index in [9.17, 15) is 0 Å². The zero-order chi connectivity index (χ0) is 13.4. The minimum Gasteiger partial charge on any atom is -0.312 e. The monoisotopic (exact) mass is 257 g/mol. The Morgan fingerprint density at radius 1 is 1.00 bits per heavy atom. The molecule has 104 valence electrons. The molecular formula is C18H27N. The molecule has 19 heavy (non-hydrogen) atoms. The standard InChI is InChI=1S/C18H27N/c1-12-8-13(2)17(14(3)9-12)10-19-11-18(15-4-5-15)16-6-7-16/h8-9,15-16,18-19H,4-7,10-11H2,1-3H3. The van der Waals surface area contributed by atoms with Crippen LogP contribution in [0.25, 0.3) is 0 Å². The molecule has 0 saturated heterocycles. The second-order valence-electron chi connectivity index (χ2n) is 6.85. The van der Waals surface area contributed by atoms with Crippen molar-refractivity contribution in [2.75, 3.05) is 6.54 Å². The predicted octanol–water partition coefficient (Wildman–Crippen LogP) is 4.14. The molecule has 1 heteroatoms. The van der Waals surface area contributed by atoms with E-state index in [2.05, 4.69) is 38.2 Å². The Hall–Kier alpha value is -0.820. The normalized spacial score (nSPS) is 19.2. The van der Waals surface area contributed by atoms with E-state index in [4.69, 9.17) is 0 Å². The van der Waals surface area contributed by atoms with Gasteiger partial charge in [0.15, 0.2) is 0 Å². The number of hydrogen-bond acceptors (Lipinski definition) is 1. The van der Waals surface area contributed by atoms with E-state index in [0.29, 0.717) is 0 Å². The Morgan fingerprint density at radius 3 is 2.00 bits per heavy atom. The summed E-state index contributed by atoms with van der Waals surface area (Å²) in [6.07, 6.45) is 5.97. The summed E-state index contributed by atoms with van der Waals surface area (Å²) in [6.45, 7) is 8.97. The number of benzene rings is 1. The van der Waals surface area contributed by atoms with E-state index in [1.54, 1.807) is 0 Å². The topological polar surface area (TPSA) is 12.0 Å². The van der Waals surface area contributed by atoms with Crippen LogP contribution in [0.5, 0.6) is 0 Å². The number of hydrogen-bond donors (Lipinski definition) is 1. The number of rotatable bonds is 6. The van der Waals surface area contributed by atoms with Gasteiger partial charge in [0, 0.05) is 6.54 Å². The van der Waals surface area contributed by atoms with Crippen LogP contribution >= 0.6 is 0 Å². The van der Waals surface area contributed by atoms with Gasteiger partial charge in [0.2, 0.25) is 0 Å². The molecule has 0 aromatic heterocycles. The SMILES string of the molecule is Cc1cc(C)c(CNCC(C2CC2)C2CC2)c(C)c1. The lowest BCUT2D eigenvalue weighted by Gasteiger charge is -2.18. The highest BCUT2D eigenvalue weighted by Crippen LogP contribution is 2.48. The van der Waals surface area contributed by atoms with Gasteiger partial charge in [-0.2, -0.15) is 0 Å². The minimum absolute atomic E-state index is 0.978. The van der Waals surface area contributed by atoms with Crippen molar-refractivity contribution in [3.8, 4) is 0 Å². The van der Waals surface area contributed by atoms with E-state index in [1.807, 2.05) is 0 Å². The summed E-state index contributed by atoms with van der Waals surface area (Å²) in [5, 5.41) is 3.75. The molecule has 0 aliphatic heterocycles. The first kappa shape index (κ1) is 13.2. The van der Waals surface area contributed by atoms with Crippen molar-refractivity contribution in [2.24, 2.45) is 17.8 Å². The van der Waals surface area contributed by atoms with Crippen molar-refractivity contribution in [2.45, 2.75) is 53.0 Å². The summed E-state index contributed by atoms with van der Waals surface area (Å²) in [7, 11) is 0. The Kier molecular flexibility index (Phi) is 3.66. The maximum absolute atomic E-state index is 3.75. The molecule has 1 aromatic carbocycles. The van der Waals surface area contributed by atoms with Gasteiger partial charge in [-0.15, -0.1) is 0 Å². The number of nitrogens with one attached hydrogen (secondary N) is 1. The van der Waals surface area contributed by atoms with Crippen molar-refractivity contribution in [1.29, 1.82) is 0 Å². The van der Waals surface area contributed by atoms with E-state index in [1.165, 1.54) is 54.5 Å². The summed E-state index contributed by atoms with van der Waals surface area (Å²) >= 11 is 0. The van der Waals surface area contributed by atoms with Gasteiger partial charge in [0.25, 0.3) is 0 Å². The van der Waals surface area contributed by atoms with E-state index in [-0.39, 0.29) is 0 Å². The molecule has 1 aromatic rings. The average molecular weight is 257 g/mol. The molecule has 0 radical (unpaired) electrons. The van der Waals surface area contributed by atoms with E-state index >= 15 is 0 Å². The molecular weight excluding hydrogens is 230 g/mol. The summed E-state index contributed by atoms with van der Waals surface area (Å²) in [5.41, 5.74) is 5.78. The fraction of sp³-hybridized carbons (Fsp3) is 0.667. The third kappa shape index (κ3) is 3.20. The Balaban J connectivity index is 1.57. The Morgan fingerprint density at radius 2 is 1.53 bits per heavy atom. The number of aryl methyl sites for hydroxylation is 3. The zero-order valence-corrected chi connectivity index (χ0v) is 12.6. The summed E-state index contributed by atoms with van der Waals surface area (Å²) in [4.78, 5) is 0. The third-order valence-corrected chi connectivity index (χ3v) is 4.98. The van der Waals surface area contributed by atoms with Crippen molar-refractivity contribution in [3.05, 3.63) is 34.4 Å². The quantitative estimate of drug-likeness (QED) is 0.807. The molecule has 0 heterocycles. The van der Waals surface area contributed by atoms with Crippen LogP contribution < -0.4 is 5.32 Å². The fourth-order valence-corrected chi connectivity index (χ4v) is 3.62. The van der Waals surface area contributed by atoms with Crippen LogP contribution in [0, 0.1) is 38.5 Å². The Labute approximate surface area is 117 Å². The average Bonchev–Trinajstić information content (AvgIpc) is 3.21. The predicted molar refractivity (Wildman–Crippen MR) is 81.3 cm³/mol. The maximum atomic E-state index is 3.75. The molecule has 0 atom stereocenters. The molecule has 2 aliphatic carbocycles. The molecule has 2 aliphatic rings. The fourth-order valence-electron chi connectivity index (χ4n) is 3.62. The second-order valence-corrected chi connectivity index (χ2v) is 6.85. The van der Waals surface area contributed by atoms with Crippen molar-refractivity contribution in [3.63, 3.8) is 0 Å². The molecule has 0 amide bonds. The van der Waals surface area contributed by atoms with Gasteiger partial charge in [-0.05, 0) is 87.4 Å². The van der Waals surface area contributed by atoms with Crippen molar-refractivity contribution in [1.82, 2.24) is 5.32 Å². The van der Waals surface area contributed by atoms with Crippen LogP contribution in [0.4, 0.5) is 0 Å². The summed E-state index contributed by atoms with van der Waals surface area (Å²) in [6, 6.07) is 4.62. The highest BCUT2D eigenvalue weighted by atomic mass is 14.9. The van der Waals surface area contributed by atoms with Gasteiger partial charge < -0.3 is 5.32 Å². The van der Waals surface area contributed by atoms with Crippen molar-refractivity contribution < 1.29 is 0 Å². The molecule has 2 fully saturated rings. The lowest BCUT2D eigenvalue weighted by Crippen LogP contribution is -2.25. The highest BCUT2D eigenvalue weighted by molar-refractivity contribution is 5.37. The second kappa shape index (κ2) is 5.28. The minimum atomic E-state index is 0.978. The lowest BCUT2D eigenvalue weighted by molar-refractivity contribution is 0.378. The molecule has 0 spiro atoms. The zero-order valence-electron chi connectivity index (χ0n) is 12.6. The van der Waals surface area contributed by atoms with Crippen LogP contribution in [0.2, 0.25) is 0 Å². The van der Waals surface area contributed by atoms with Gasteiger partial charge >= 0.3 is 0 Å². The lowest BCUT2D eigenvalue weighted by atomic mass is 9.97. The molecule has 3 rings (SSSR count). The largest absolute Gasteiger partial charge is 0.312 e. The third-order valence-electron chi connectivity index (χ3n) is 4.98. The van der Waals surface area contributed by atoms with Gasteiger partial charge in [-0.25, -0.2) is 0 Å². The summed E-state index contributed by atoms with van der Waals surface area (Å²) < 4.78 is 0. The first-order chi connectivity index (χ1) is 9.15.